The first-order valence-electron chi connectivity index (χ1n) is 6.56. The molecule has 2 rings (SSSR count). The summed E-state index contributed by atoms with van der Waals surface area (Å²) in [5.41, 5.74) is 7.03. The Balaban J connectivity index is 2.05. The normalized spacial score (nSPS) is 18.6. The fourth-order valence-electron chi connectivity index (χ4n) is 2.28. The molecule has 2 N–H and O–H groups in total. The molecule has 0 atom stereocenters. The molecule has 1 aliphatic heterocycles. The second-order valence-electron chi connectivity index (χ2n) is 4.79. The van der Waals surface area contributed by atoms with Crippen LogP contribution in [0.2, 0.25) is 0 Å². The van der Waals surface area contributed by atoms with Gasteiger partial charge in [0, 0.05) is 31.9 Å². The Labute approximate surface area is 115 Å². The van der Waals surface area contributed by atoms with Gasteiger partial charge in [-0.25, -0.2) is 8.42 Å². The molecule has 1 aromatic carbocycles. The van der Waals surface area contributed by atoms with Crippen LogP contribution in [0.1, 0.15) is 12.5 Å². The van der Waals surface area contributed by atoms with Gasteiger partial charge in [0.25, 0.3) is 0 Å². The van der Waals surface area contributed by atoms with Gasteiger partial charge in [-0.3, -0.25) is 0 Å². The van der Waals surface area contributed by atoms with Crippen molar-refractivity contribution < 1.29 is 8.42 Å². The largest absolute Gasteiger partial charge is 0.398 e. The van der Waals surface area contributed by atoms with Crippen molar-refractivity contribution in [2.75, 3.05) is 38.5 Å². The number of hydrogen-bond donors (Lipinski definition) is 1. The summed E-state index contributed by atoms with van der Waals surface area (Å²) in [4.78, 5) is 2.25. The number of benzene rings is 1. The molecule has 0 amide bonds. The first-order valence-corrected chi connectivity index (χ1v) is 8.17. The summed E-state index contributed by atoms with van der Waals surface area (Å²) >= 11 is 0. The average molecular weight is 283 g/mol. The Morgan fingerprint density at radius 3 is 2.37 bits per heavy atom. The van der Waals surface area contributed by atoms with Crippen molar-refractivity contribution >= 4 is 15.7 Å². The van der Waals surface area contributed by atoms with Gasteiger partial charge in [-0.15, -0.1) is 0 Å². The highest BCUT2D eigenvalue weighted by Gasteiger charge is 2.26. The second-order valence-corrected chi connectivity index (χ2v) is 6.76. The van der Waals surface area contributed by atoms with Crippen molar-refractivity contribution in [1.82, 2.24) is 9.21 Å². The predicted molar refractivity (Wildman–Crippen MR) is 77.2 cm³/mol. The molecule has 0 unspecified atom stereocenters. The van der Waals surface area contributed by atoms with Crippen LogP contribution in [0.5, 0.6) is 0 Å². The van der Waals surface area contributed by atoms with Crippen molar-refractivity contribution in [3.05, 3.63) is 29.8 Å². The molecule has 1 heterocycles. The molecule has 106 valence electrons. The van der Waals surface area contributed by atoms with Crippen LogP contribution in [-0.4, -0.2) is 50.3 Å². The van der Waals surface area contributed by atoms with Crippen LogP contribution in [0, 0.1) is 0 Å². The number of para-hydroxylation sites is 1. The van der Waals surface area contributed by atoms with E-state index in [1.54, 1.807) is 16.4 Å². The van der Waals surface area contributed by atoms with E-state index in [2.05, 4.69) is 11.8 Å². The number of nitrogens with zero attached hydrogens (tertiary/aromatic N) is 2. The number of likely N-dealkylation sites (N-methyl/N-ethyl adjacent to an activating group) is 1. The van der Waals surface area contributed by atoms with E-state index in [9.17, 15) is 8.42 Å². The van der Waals surface area contributed by atoms with E-state index < -0.39 is 10.0 Å². The third kappa shape index (κ3) is 3.46. The molecule has 1 fully saturated rings. The van der Waals surface area contributed by atoms with Gasteiger partial charge < -0.3 is 10.6 Å². The number of anilines is 1. The third-order valence-corrected chi connectivity index (χ3v) is 5.39. The molecule has 1 aliphatic rings. The van der Waals surface area contributed by atoms with E-state index >= 15 is 0 Å². The molecule has 0 saturated carbocycles. The number of nitrogen functional groups attached to an aromatic ring is 1. The number of nitrogens with two attached hydrogens (primary N) is 1. The monoisotopic (exact) mass is 283 g/mol. The van der Waals surface area contributed by atoms with Gasteiger partial charge in [0.1, 0.15) is 0 Å². The summed E-state index contributed by atoms with van der Waals surface area (Å²) in [7, 11) is -3.26. The van der Waals surface area contributed by atoms with Crippen molar-refractivity contribution in [3.8, 4) is 0 Å². The highest BCUT2D eigenvalue weighted by molar-refractivity contribution is 7.88. The minimum Gasteiger partial charge on any atom is -0.398 e. The fraction of sp³-hybridized carbons (Fsp3) is 0.538. The molecular weight excluding hydrogens is 262 g/mol. The zero-order chi connectivity index (χ0) is 13.9. The van der Waals surface area contributed by atoms with Crippen molar-refractivity contribution in [2.45, 2.75) is 12.7 Å². The maximum Gasteiger partial charge on any atom is 0.218 e. The SMILES string of the molecule is CCN1CCN(S(=O)(=O)Cc2ccccc2N)CC1. The third-order valence-electron chi connectivity index (χ3n) is 3.56. The van der Waals surface area contributed by atoms with Crippen molar-refractivity contribution in [2.24, 2.45) is 0 Å². The van der Waals surface area contributed by atoms with Gasteiger partial charge in [-0.2, -0.15) is 4.31 Å². The lowest BCUT2D eigenvalue weighted by atomic mass is 10.2. The molecule has 0 spiro atoms. The summed E-state index contributed by atoms with van der Waals surface area (Å²) in [6, 6.07) is 7.14. The van der Waals surface area contributed by atoms with Gasteiger partial charge in [0.05, 0.1) is 5.75 Å². The zero-order valence-corrected chi connectivity index (χ0v) is 12.1. The minimum absolute atomic E-state index is 0.00814. The molecule has 5 nitrogen and oxygen atoms in total. The first-order chi connectivity index (χ1) is 9.03. The molecular formula is C13H21N3O2S. The van der Waals surface area contributed by atoms with Gasteiger partial charge in [-0.05, 0) is 18.2 Å². The standard InChI is InChI=1S/C13H21N3O2S/c1-2-15-7-9-16(10-8-15)19(17,18)11-12-5-3-4-6-13(12)14/h3-6H,2,7-11,14H2,1H3. The molecule has 19 heavy (non-hydrogen) atoms. The van der Waals surface area contributed by atoms with E-state index in [1.807, 2.05) is 12.1 Å². The number of piperazine rings is 1. The maximum atomic E-state index is 12.4. The highest BCUT2D eigenvalue weighted by atomic mass is 32.2. The fourth-order valence-corrected chi connectivity index (χ4v) is 3.84. The minimum atomic E-state index is -3.26. The Morgan fingerprint density at radius 1 is 1.16 bits per heavy atom. The number of sulfonamides is 1. The molecule has 0 radical (unpaired) electrons. The molecule has 0 bridgehead atoms. The van der Waals surface area contributed by atoms with Crippen molar-refractivity contribution in [1.29, 1.82) is 0 Å². The maximum absolute atomic E-state index is 12.4. The summed E-state index contributed by atoms with van der Waals surface area (Å²) < 4.78 is 26.3. The number of hydrogen-bond acceptors (Lipinski definition) is 4. The van der Waals surface area contributed by atoms with E-state index in [1.165, 1.54) is 0 Å². The molecule has 0 aliphatic carbocycles. The average Bonchev–Trinajstić information content (AvgIpc) is 2.41. The zero-order valence-electron chi connectivity index (χ0n) is 11.2. The van der Waals surface area contributed by atoms with E-state index in [-0.39, 0.29) is 5.75 Å². The van der Waals surface area contributed by atoms with Crippen LogP contribution in [-0.2, 0) is 15.8 Å². The van der Waals surface area contributed by atoms with Gasteiger partial charge >= 0.3 is 0 Å². The van der Waals surface area contributed by atoms with Crippen LogP contribution in [0.3, 0.4) is 0 Å². The summed E-state index contributed by atoms with van der Waals surface area (Å²) in [6.45, 7) is 5.82. The Hall–Kier alpha value is -1.11. The lowest BCUT2D eigenvalue weighted by Gasteiger charge is -2.33. The van der Waals surface area contributed by atoms with Gasteiger partial charge in [0.15, 0.2) is 0 Å². The van der Waals surface area contributed by atoms with Gasteiger partial charge in [0.2, 0.25) is 10.0 Å². The van der Waals surface area contributed by atoms with Crippen LogP contribution >= 0.6 is 0 Å². The lowest BCUT2D eigenvalue weighted by Crippen LogP contribution is -2.48. The Bertz CT molecular complexity index is 522. The van der Waals surface area contributed by atoms with Gasteiger partial charge in [-0.1, -0.05) is 25.1 Å². The summed E-state index contributed by atoms with van der Waals surface area (Å²) in [5.74, 6) is -0.00814. The quantitative estimate of drug-likeness (QED) is 0.828. The topological polar surface area (TPSA) is 66.6 Å². The van der Waals surface area contributed by atoms with E-state index in [4.69, 9.17) is 5.73 Å². The number of rotatable bonds is 4. The molecule has 0 aromatic heterocycles. The van der Waals surface area contributed by atoms with E-state index in [0.29, 0.717) is 24.3 Å². The predicted octanol–water partition coefficient (Wildman–Crippen LogP) is 0.736. The highest BCUT2D eigenvalue weighted by Crippen LogP contribution is 2.18. The lowest BCUT2D eigenvalue weighted by molar-refractivity contribution is 0.196. The van der Waals surface area contributed by atoms with E-state index in [0.717, 1.165) is 19.6 Å². The summed E-state index contributed by atoms with van der Waals surface area (Å²) in [6.07, 6.45) is 0. The molecule has 1 saturated heterocycles. The Kier molecular flexibility index (Phi) is 4.44. The smallest absolute Gasteiger partial charge is 0.218 e. The van der Waals surface area contributed by atoms with Crippen LogP contribution < -0.4 is 5.73 Å². The summed E-state index contributed by atoms with van der Waals surface area (Å²) in [5, 5.41) is 0. The molecule has 6 heteroatoms. The van der Waals surface area contributed by atoms with Crippen LogP contribution in [0.15, 0.2) is 24.3 Å². The second kappa shape index (κ2) is 5.90. The Morgan fingerprint density at radius 2 is 1.79 bits per heavy atom. The van der Waals surface area contributed by atoms with Crippen molar-refractivity contribution in [3.63, 3.8) is 0 Å². The first kappa shape index (κ1) is 14.3. The van der Waals surface area contributed by atoms with Crippen LogP contribution in [0.4, 0.5) is 5.69 Å². The molecule has 1 aromatic rings. The van der Waals surface area contributed by atoms with Crippen LogP contribution in [0.25, 0.3) is 0 Å².